The van der Waals surface area contributed by atoms with E-state index in [0.29, 0.717) is 23.5 Å². The van der Waals surface area contributed by atoms with Crippen molar-refractivity contribution in [2.45, 2.75) is 20.5 Å². The van der Waals surface area contributed by atoms with Crippen LogP contribution in [0.2, 0.25) is 0 Å². The van der Waals surface area contributed by atoms with E-state index < -0.39 is 0 Å². The van der Waals surface area contributed by atoms with Crippen LogP contribution in [0.1, 0.15) is 28.4 Å². The molecule has 2 aromatic carbocycles. The first-order valence-electron chi connectivity index (χ1n) is 6.09. The molecule has 3 heteroatoms. The first-order chi connectivity index (χ1) is 9.08. The van der Waals surface area contributed by atoms with Gasteiger partial charge in [0.25, 0.3) is 0 Å². The number of hydrogen-bond acceptors (Lipinski definition) is 3. The molecule has 0 aliphatic heterocycles. The molecule has 2 aromatic rings. The molecule has 0 saturated heterocycles. The summed E-state index contributed by atoms with van der Waals surface area (Å²) in [4.78, 5) is 11.5. The van der Waals surface area contributed by atoms with Crippen molar-refractivity contribution in [3.8, 4) is 11.5 Å². The minimum absolute atomic E-state index is 0.109. The second-order valence-corrected chi connectivity index (χ2v) is 4.47. The molecule has 0 aliphatic rings. The molecule has 2 rings (SSSR count). The van der Waals surface area contributed by atoms with Gasteiger partial charge < -0.3 is 9.84 Å². The van der Waals surface area contributed by atoms with E-state index in [9.17, 15) is 9.90 Å². The van der Waals surface area contributed by atoms with E-state index in [0.717, 1.165) is 5.56 Å². The zero-order valence-electron chi connectivity index (χ0n) is 11.0. The zero-order chi connectivity index (χ0) is 13.8. The quantitative estimate of drug-likeness (QED) is 0.852. The summed E-state index contributed by atoms with van der Waals surface area (Å²) in [7, 11) is 0. The van der Waals surface area contributed by atoms with Crippen molar-refractivity contribution < 1.29 is 14.6 Å². The average Bonchev–Trinajstić information content (AvgIpc) is 2.40. The van der Waals surface area contributed by atoms with Crippen LogP contribution in [0.3, 0.4) is 0 Å². The van der Waals surface area contributed by atoms with Crippen LogP contribution in [-0.4, -0.2) is 10.9 Å². The third-order valence-electron chi connectivity index (χ3n) is 2.91. The summed E-state index contributed by atoms with van der Waals surface area (Å²) in [6.07, 6.45) is 0. The Labute approximate surface area is 112 Å². The number of rotatable bonds is 4. The number of phenols is 1. The topological polar surface area (TPSA) is 46.5 Å². The first kappa shape index (κ1) is 13.1. The Morgan fingerprint density at radius 3 is 2.53 bits per heavy atom. The summed E-state index contributed by atoms with van der Waals surface area (Å²) < 4.78 is 5.69. The molecule has 0 fully saturated rings. The lowest BCUT2D eigenvalue weighted by Crippen LogP contribution is -2.02. The monoisotopic (exact) mass is 256 g/mol. The van der Waals surface area contributed by atoms with Crippen molar-refractivity contribution in [1.82, 2.24) is 0 Å². The number of aryl methyl sites for hydroxylation is 1. The standard InChI is InChI=1S/C16H16O3/c1-11-8-16(14(12(2)17)9-15(11)18)19-10-13-6-4-3-5-7-13/h3-9,18H,10H2,1-2H3. The van der Waals surface area contributed by atoms with Crippen molar-refractivity contribution in [2.75, 3.05) is 0 Å². The number of benzene rings is 2. The van der Waals surface area contributed by atoms with Crippen LogP contribution in [0.5, 0.6) is 11.5 Å². The Balaban J connectivity index is 2.24. The summed E-state index contributed by atoms with van der Waals surface area (Å²) >= 11 is 0. The Kier molecular flexibility index (Phi) is 3.85. The number of hydrogen-bond donors (Lipinski definition) is 1. The lowest BCUT2D eigenvalue weighted by molar-refractivity contribution is 0.101. The van der Waals surface area contributed by atoms with Crippen LogP contribution in [0.15, 0.2) is 42.5 Å². The molecule has 1 N–H and O–H groups in total. The second-order valence-electron chi connectivity index (χ2n) is 4.47. The predicted molar refractivity (Wildman–Crippen MR) is 73.6 cm³/mol. The number of ether oxygens (including phenoxy) is 1. The molecule has 19 heavy (non-hydrogen) atoms. The Bertz CT molecular complexity index is 588. The number of phenolic OH excluding ortho intramolecular Hbond substituents is 1. The number of aromatic hydroxyl groups is 1. The molecule has 0 unspecified atom stereocenters. The van der Waals surface area contributed by atoms with E-state index in [2.05, 4.69) is 0 Å². The number of Topliss-reactive ketones (excluding diaryl/α,β-unsaturated/α-hetero) is 1. The van der Waals surface area contributed by atoms with Gasteiger partial charge in [0.2, 0.25) is 0 Å². The van der Waals surface area contributed by atoms with Crippen molar-refractivity contribution >= 4 is 5.78 Å². The van der Waals surface area contributed by atoms with Gasteiger partial charge in [0.1, 0.15) is 18.1 Å². The summed E-state index contributed by atoms with van der Waals surface area (Å²) in [6.45, 7) is 3.62. The number of carbonyl (C=O) groups excluding carboxylic acids is 1. The lowest BCUT2D eigenvalue weighted by Gasteiger charge is -2.12. The fourth-order valence-electron chi connectivity index (χ4n) is 1.80. The lowest BCUT2D eigenvalue weighted by atomic mass is 10.1. The van der Waals surface area contributed by atoms with Crippen LogP contribution in [-0.2, 0) is 6.61 Å². The molecule has 0 heterocycles. The minimum Gasteiger partial charge on any atom is -0.508 e. The maximum Gasteiger partial charge on any atom is 0.163 e. The Hall–Kier alpha value is -2.29. The van der Waals surface area contributed by atoms with Gasteiger partial charge >= 0.3 is 0 Å². The van der Waals surface area contributed by atoms with E-state index in [4.69, 9.17) is 4.74 Å². The normalized spacial score (nSPS) is 10.2. The highest BCUT2D eigenvalue weighted by Crippen LogP contribution is 2.28. The maximum atomic E-state index is 11.5. The highest BCUT2D eigenvalue weighted by Gasteiger charge is 2.12. The van der Waals surface area contributed by atoms with Crippen LogP contribution >= 0.6 is 0 Å². The second kappa shape index (κ2) is 5.57. The molecule has 0 aromatic heterocycles. The maximum absolute atomic E-state index is 11.5. The average molecular weight is 256 g/mol. The Morgan fingerprint density at radius 1 is 1.21 bits per heavy atom. The predicted octanol–water partition coefficient (Wildman–Crippen LogP) is 3.48. The van der Waals surface area contributed by atoms with E-state index in [1.54, 1.807) is 13.0 Å². The molecule has 0 radical (unpaired) electrons. The third-order valence-corrected chi connectivity index (χ3v) is 2.91. The molecule has 0 spiro atoms. The molecule has 0 saturated carbocycles. The largest absolute Gasteiger partial charge is 0.508 e. The first-order valence-corrected chi connectivity index (χ1v) is 6.09. The summed E-state index contributed by atoms with van der Waals surface area (Å²) in [5.41, 5.74) is 2.12. The smallest absolute Gasteiger partial charge is 0.163 e. The van der Waals surface area contributed by atoms with Gasteiger partial charge in [-0.25, -0.2) is 0 Å². The Morgan fingerprint density at radius 2 is 1.89 bits per heavy atom. The van der Waals surface area contributed by atoms with Crippen molar-refractivity contribution in [3.63, 3.8) is 0 Å². The third kappa shape index (κ3) is 3.13. The van der Waals surface area contributed by atoms with E-state index >= 15 is 0 Å². The highest BCUT2D eigenvalue weighted by molar-refractivity contribution is 5.97. The SMILES string of the molecule is CC(=O)c1cc(O)c(C)cc1OCc1ccccc1. The molecule has 0 bridgehead atoms. The van der Waals surface area contributed by atoms with E-state index in [1.807, 2.05) is 30.3 Å². The fourth-order valence-corrected chi connectivity index (χ4v) is 1.80. The van der Waals surface area contributed by atoms with Gasteiger partial charge in [0.15, 0.2) is 5.78 Å². The van der Waals surface area contributed by atoms with Gasteiger partial charge in [-0.2, -0.15) is 0 Å². The van der Waals surface area contributed by atoms with Crippen LogP contribution in [0.4, 0.5) is 0 Å². The minimum atomic E-state index is -0.127. The van der Waals surface area contributed by atoms with Gasteiger partial charge in [-0.3, -0.25) is 4.79 Å². The summed E-state index contributed by atoms with van der Waals surface area (Å²) in [6, 6.07) is 12.9. The molecular weight excluding hydrogens is 240 g/mol. The summed E-state index contributed by atoms with van der Waals surface area (Å²) in [5, 5.41) is 9.65. The van der Waals surface area contributed by atoms with Crippen molar-refractivity contribution in [3.05, 3.63) is 59.2 Å². The highest BCUT2D eigenvalue weighted by atomic mass is 16.5. The van der Waals surface area contributed by atoms with Gasteiger partial charge in [-0.05, 0) is 37.1 Å². The molecule has 98 valence electrons. The number of ketones is 1. The van der Waals surface area contributed by atoms with Gasteiger partial charge in [-0.15, -0.1) is 0 Å². The van der Waals surface area contributed by atoms with Gasteiger partial charge in [0, 0.05) is 0 Å². The van der Waals surface area contributed by atoms with Crippen molar-refractivity contribution in [2.24, 2.45) is 0 Å². The molecular formula is C16H16O3. The van der Waals surface area contributed by atoms with Gasteiger partial charge in [0.05, 0.1) is 5.56 Å². The molecule has 0 atom stereocenters. The zero-order valence-corrected chi connectivity index (χ0v) is 11.0. The fraction of sp³-hybridized carbons (Fsp3) is 0.188. The van der Waals surface area contributed by atoms with E-state index in [1.165, 1.54) is 13.0 Å². The van der Waals surface area contributed by atoms with Crippen LogP contribution in [0.25, 0.3) is 0 Å². The molecule has 3 nitrogen and oxygen atoms in total. The summed E-state index contributed by atoms with van der Waals surface area (Å²) in [5.74, 6) is 0.488. The molecule has 0 amide bonds. The number of carbonyl (C=O) groups is 1. The van der Waals surface area contributed by atoms with Crippen molar-refractivity contribution in [1.29, 1.82) is 0 Å². The van der Waals surface area contributed by atoms with Crippen LogP contribution in [0, 0.1) is 6.92 Å². The van der Waals surface area contributed by atoms with E-state index in [-0.39, 0.29) is 11.5 Å². The molecule has 0 aliphatic carbocycles. The van der Waals surface area contributed by atoms with Crippen LogP contribution < -0.4 is 4.74 Å². The van der Waals surface area contributed by atoms with Gasteiger partial charge in [-0.1, -0.05) is 30.3 Å².